The first-order chi connectivity index (χ1) is 8.38. The molecule has 3 N–H and O–H groups in total. The van der Waals surface area contributed by atoms with Gasteiger partial charge in [0.15, 0.2) is 0 Å². The number of nitrogens with one attached hydrogen (secondary N) is 1. The number of aromatic nitrogens is 1. The van der Waals surface area contributed by atoms with Crippen LogP contribution in [0.25, 0.3) is 0 Å². The Hall–Kier alpha value is -1.23. The molecule has 0 aliphatic carbocycles. The van der Waals surface area contributed by atoms with Crippen LogP contribution in [0.2, 0.25) is 0 Å². The van der Waals surface area contributed by atoms with Gasteiger partial charge in [0.1, 0.15) is 0 Å². The summed E-state index contributed by atoms with van der Waals surface area (Å²) in [5.74, 6) is 5.59. The Morgan fingerprint density at radius 2 is 2.29 bits per heavy atom. The quantitative estimate of drug-likeness (QED) is 0.607. The predicted octanol–water partition coefficient (Wildman–Crippen LogP) is 2.15. The Balaban J connectivity index is 1.84. The Kier molecular flexibility index (Phi) is 4.67. The minimum atomic E-state index is 0.324. The third-order valence-corrected chi connectivity index (χ3v) is 3.53. The number of pyridine rings is 1. The van der Waals surface area contributed by atoms with Gasteiger partial charge in [0.05, 0.1) is 0 Å². The third-order valence-electron chi connectivity index (χ3n) is 2.80. The largest absolute Gasteiger partial charge is 0.271 e. The first-order valence-electron chi connectivity index (χ1n) is 5.74. The molecular formula is C13H17N3S. The van der Waals surface area contributed by atoms with E-state index in [1.807, 2.05) is 12.3 Å². The first-order valence-corrected chi connectivity index (χ1v) is 6.69. The average Bonchev–Trinajstić information content (AvgIpc) is 2.88. The molecule has 0 saturated heterocycles. The molecule has 1 atom stereocenters. The van der Waals surface area contributed by atoms with Crippen LogP contribution in [-0.2, 0) is 12.8 Å². The van der Waals surface area contributed by atoms with Crippen LogP contribution in [0.3, 0.4) is 0 Å². The highest BCUT2D eigenvalue weighted by Gasteiger charge is 2.08. The number of aryl methyl sites for hydroxylation is 1. The zero-order valence-corrected chi connectivity index (χ0v) is 10.5. The standard InChI is InChI=1S/C13H17N3S/c14-16-13(8-12-5-7-17-10-12)4-3-11-2-1-6-15-9-11/h1-2,5-7,9-10,13,16H,3-4,8,14H2. The van der Waals surface area contributed by atoms with Gasteiger partial charge in [-0.3, -0.25) is 16.3 Å². The SMILES string of the molecule is NNC(CCc1cccnc1)Cc1ccsc1. The smallest absolute Gasteiger partial charge is 0.0299 e. The van der Waals surface area contributed by atoms with E-state index in [4.69, 9.17) is 5.84 Å². The minimum Gasteiger partial charge on any atom is -0.271 e. The Labute approximate surface area is 106 Å². The first kappa shape index (κ1) is 12.2. The summed E-state index contributed by atoms with van der Waals surface area (Å²) in [4.78, 5) is 4.11. The molecule has 2 rings (SSSR count). The van der Waals surface area contributed by atoms with E-state index in [-0.39, 0.29) is 0 Å². The molecule has 0 saturated carbocycles. The van der Waals surface area contributed by atoms with Crippen molar-refractivity contribution in [2.24, 2.45) is 5.84 Å². The highest BCUT2D eigenvalue weighted by molar-refractivity contribution is 7.07. The Bertz CT molecular complexity index is 413. The summed E-state index contributed by atoms with van der Waals surface area (Å²) in [6.45, 7) is 0. The van der Waals surface area contributed by atoms with Gasteiger partial charge in [-0.15, -0.1) is 0 Å². The Morgan fingerprint density at radius 1 is 1.35 bits per heavy atom. The molecule has 3 nitrogen and oxygen atoms in total. The van der Waals surface area contributed by atoms with Crippen LogP contribution in [0.5, 0.6) is 0 Å². The zero-order chi connectivity index (χ0) is 11.9. The molecule has 0 radical (unpaired) electrons. The van der Waals surface area contributed by atoms with Crippen LogP contribution in [0, 0.1) is 0 Å². The van der Waals surface area contributed by atoms with E-state index in [9.17, 15) is 0 Å². The molecular weight excluding hydrogens is 230 g/mol. The van der Waals surface area contributed by atoms with E-state index in [0.717, 1.165) is 19.3 Å². The van der Waals surface area contributed by atoms with Gasteiger partial charge in [0.2, 0.25) is 0 Å². The predicted molar refractivity (Wildman–Crippen MR) is 71.7 cm³/mol. The summed E-state index contributed by atoms with van der Waals surface area (Å²) in [7, 11) is 0. The summed E-state index contributed by atoms with van der Waals surface area (Å²) < 4.78 is 0. The van der Waals surface area contributed by atoms with Gasteiger partial charge in [0, 0.05) is 18.4 Å². The van der Waals surface area contributed by atoms with Crippen LogP contribution in [0.4, 0.5) is 0 Å². The fraction of sp³-hybridized carbons (Fsp3) is 0.308. The van der Waals surface area contributed by atoms with Gasteiger partial charge in [-0.25, -0.2) is 0 Å². The molecule has 0 aromatic carbocycles. The normalized spacial score (nSPS) is 12.5. The van der Waals surface area contributed by atoms with E-state index in [0.29, 0.717) is 6.04 Å². The number of nitrogens with zero attached hydrogens (tertiary/aromatic N) is 1. The van der Waals surface area contributed by atoms with Gasteiger partial charge in [-0.05, 0) is 53.3 Å². The van der Waals surface area contributed by atoms with Gasteiger partial charge in [-0.1, -0.05) is 6.07 Å². The molecule has 0 bridgehead atoms. The summed E-state index contributed by atoms with van der Waals surface area (Å²) in [5, 5.41) is 4.28. The fourth-order valence-corrected chi connectivity index (χ4v) is 2.51. The Morgan fingerprint density at radius 3 is 2.94 bits per heavy atom. The molecule has 2 aromatic heterocycles. The van der Waals surface area contributed by atoms with E-state index in [1.54, 1.807) is 17.5 Å². The third kappa shape index (κ3) is 3.93. The van der Waals surface area contributed by atoms with E-state index in [2.05, 4.69) is 33.3 Å². The van der Waals surface area contributed by atoms with Crippen LogP contribution >= 0.6 is 11.3 Å². The lowest BCUT2D eigenvalue weighted by Crippen LogP contribution is -2.37. The van der Waals surface area contributed by atoms with E-state index < -0.39 is 0 Å². The average molecular weight is 247 g/mol. The number of nitrogens with two attached hydrogens (primary N) is 1. The second-order valence-electron chi connectivity index (χ2n) is 4.10. The highest BCUT2D eigenvalue weighted by atomic mass is 32.1. The molecule has 0 fully saturated rings. The second-order valence-corrected chi connectivity index (χ2v) is 4.88. The zero-order valence-electron chi connectivity index (χ0n) is 9.67. The summed E-state index contributed by atoms with van der Waals surface area (Å²) in [5.41, 5.74) is 5.51. The molecule has 0 aliphatic heterocycles. The van der Waals surface area contributed by atoms with Crippen LogP contribution < -0.4 is 11.3 Å². The van der Waals surface area contributed by atoms with Gasteiger partial charge < -0.3 is 0 Å². The maximum Gasteiger partial charge on any atom is 0.0299 e. The van der Waals surface area contributed by atoms with Crippen molar-refractivity contribution in [1.29, 1.82) is 0 Å². The van der Waals surface area contributed by atoms with Crippen LogP contribution in [0.15, 0.2) is 41.4 Å². The number of hydrogen-bond donors (Lipinski definition) is 2. The molecule has 90 valence electrons. The molecule has 4 heteroatoms. The minimum absolute atomic E-state index is 0.324. The number of thiophene rings is 1. The van der Waals surface area contributed by atoms with Crippen LogP contribution in [-0.4, -0.2) is 11.0 Å². The lowest BCUT2D eigenvalue weighted by molar-refractivity contribution is 0.491. The lowest BCUT2D eigenvalue weighted by atomic mass is 10.0. The number of hydrazine groups is 1. The van der Waals surface area contributed by atoms with Crippen molar-refractivity contribution in [3.63, 3.8) is 0 Å². The van der Waals surface area contributed by atoms with Crippen molar-refractivity contribution < 1.29 is 0 Å². The molecule has 0 aliphatic rings. The van der Waals surface area contributed by atoms with E-state index in [1.165, 1.54) is 11.1 Å². The maximum absolute atomic E-state index is 5.59. The lowest BCUT2D eigenvalue weighted by Gasteiger charge is -2.14. The highest BCUT2D eigenvalue weighted by Crippen LogP contribution is 2.11. The van der Waals surface area contributed by atoms with Gasteiger partial charge in [0.25, 0.3) is 0 Å². The summed E-state index contributed by atoms with van der Waals surface area (Å²) in [6.07, 6.45) is 6.73. The molecule has 17 heavy (non-hydrogen) atoms. The molecule has 2 aromatic rings. The molecule has 1 unspecified atom stereocenters. The number of rotatable bonds is 6. The van der Waals surface area contributed by atoms with Crippen molar-refractivity contribution in [3.8, 4) is 0 Å². The van der Waals surface area contributed by atoms with Crippen molar-refractivity contribution in [1.82, 2.24) is 10.4 Å². The maximum atomic E-state index is 5.59. The van der Waals surface area contributed by atoms with Crippen LogP contribution in [0.1, 0.15) is 17.5 Å². The van der Waals surface area contributed by atoms with E-state index >= 15 is 0 Å². The number of hydrogen-bond acceptors (Lipinski definition) is 4. The van der Waals surface area contributed by atoms with Crippen molar-refractivity contribution >= 4 is 11.3 Å². The summed E-state index contributed by atoms with van der Waals surface area (Å²) in [6, 6.07) is 6.55. The second kappa shape index (κ2) is 6.49. The van der Waals surface area contributed by atoms with Crippen molar-refractivity contribution in [2.75, 3.05) is 0 Å². The summed E-state index contributed by atoms with van der Waals surface area (Å²) >= 11 is 1.73. The van der Waals surface area contributed by atoms with Crippen molar-refractivity contribution in [3.05, 3.63) is 52.5 Å². The molecule has 0 spiro atoms. The fourth-order valence-electron chi connectivity index (χ4n) is 1.82. The topological polar surface area (TPSA) is 50.9 Å². The monoisotopic (exact) mass is 247 g/mol. The van der Waals surface area contributed by atoms with Crippen molar-refractivity contribution in [2.45, 2.75) is 25.3 Å². The van der Waals surface area contributed by atoms with Gasteiger partial charge in [-0.2, -0.15) is 11.3 Å². The molecule has 0 amide bonds. The molecule has 2 heterocycles. The van der Waals surface area contributed by atoms with Gasteiger partial charge >= 0.3 is 0 Å².